The molecule has 1 aliphatic rings. The van der Waals surface area contributed by atoms with Crippen molar-refractivity contribution < 1.29 is 9.50 Å². The van der Waals surface area contributed by atoms with Gasteiger partial charge in [0.2, 0.25) is 0 Å². The van der Waals surface area contributed by atoms with E-state index in [1.807, 2.05) is 47.4 Å². The summed E-state index contributed by atoms with van der Waals surface area (Å²) in [7, 11) is 0. The number of β-amino-alcohol motifs (C(OH)–C–C–N with tert-alkyl or cyclic N) is 1. The van der Waals surface area contributed by atoms with Gasteiger partial charge in [-0.25, -0.2) is 9.07 Å². The average Bonchev–Trinajstić information content (AvgIpc) is 3.12. The van der Waals surface area contributed by atoms with Crippen molar-refractivity contribution in [2.45, 2.75) is 25.0 Å². The zero-order valence-corrected chi connectivity index (χ0v) is 14.5. The highest BCUT2D eigenvalue weighted by Gasteiger charge is 2.29. The Morgan fingerprint density at radius 2 is 1.85 bits per heavy atom. The van der Waals surface area contributed by atoms with Gasteiger partial charge in [-0.1, -0.05) is 30.3 Å². The van der Waals surface area contributed by atoms with Crippen molar-refractivity contribution in [3.63, 3.8) is 0 Å². The van der Waals surface area contributed by atoms with Gasteiger partial charge in [0.25, 0.3) is 0 Å². The minimum absolute atomic E-state index is 0.0684. The second-order valence-electron chi connectivity index (χ2n) is 6.88. The van der Waals surface area contributed by atoms with Crippen LogP contribution in [0.3, 0.4) is 0 Å². The van der Waals surface area contributed by atoms with Crippen molar-refractivity contribution in [1.29, 1.82) is 0 Å². The van der Waals surface area contributed by atoms with Crippen LogP contribution < -0.4 is 0 Å². The van der Waals surface area contributed by atoms with Gasteiger partial charge in [0.1, 0.15) is 5.82 Å². The summed E-state index contributed by atoms with van der Waals surface area (Å²) in [5, 5.41) is 15.0. The molecule has 0 saturated carbocycles. The lowest BCUT2D eigenvalue weighted by atomic mass is 9.87. The standard InChI is InChI=1S/C21H22FN3O/c22-18-8-6-17(7-9-18)20-10-11-24(15-21(20)26)13-16-12-23-25(14-16)19-4-2-1-3-5-19/h1-9,12,14,20-21,26H,10-11,13,15H2/t20-,21+/m0/s1. The minimum Gasteiger partial charge on any atom is -0.391 e. The van der Waals surface area contributed by atoms with Crippen molar-refractivity contribution in [2.24, 2.45) is 0 Å². The molecular weight excluding hydrogens is 329 g/mol. The van der Waals surface area contributed by atoms with Crippen molar-refractivity contribution in [2.75, 3.05) is 13.1 Å². The van der Waals surface area contributed by atoms with Gasteiger partial charge in [0.15, 0.2) is 0 Å². The highest BCUT2D eigenvalue weighted by Crippen LogP contribution is 2.29. The van der Waals surface area contributed by atoms with E-state index in [-0.39, 0.29) is 11.7 Å². The maximum atomic E-state index is 13.1. The molecule has 134 valence electrons. The van der Waals surface area contributed by atoms with E-state index in [4.69, 9.17) is 0 Å². The van der Waals surface area contributed by atoms with Crippen LogP contribution in [0.25, 0.3) is 5.69 Å². The number of aromatic nitrogens is 2. The summed E-state index contributed by atoms with van der Waals surface area (Å²) in [5.74, 6) is -0.171. The number of para-hydroxylation sites is 1. The largest absolute Gasteiger partial charge is 0.391 e. The fourth-order valence-corrected chi connectivity index (χ4v) is 3.66. The van der Waals surface area contributed by atoms with Gasteiger partial charge in [0.05, 0.1) is 18.0 Å². The molecule has 2 heterocycles. The second-order valence-corrected chi connectivity index (χ2v) is 6.88. The number of likely N-dealkylation sites (tertiary alicyclic amines) is 1. The fourth-order valence-electron chi connectivity index (χ4n) is 3.66. The number of hydrogen-bond donors (Lipinski definition) is 1. The van der Waals surface area contributed by atoms with Crippen molar-refractivity contribution in [3.05, 3.63) is 83.9 Å². The Hall–Kier alpha value is -2.50. The van der Waals surface area contributed by atoms with Gasteiger partial charge in [-0.2, -0.15) is 5.10 Å². The van der Waals surface area contributed by atoms with E-state index < -0.39 is 6.10 Å². The first-order valence-electron chi connectivity index (χ1n) is 8.94. The van der Waals surface area contributed by atoms with Gasteiger partial charge in [-0.05, 0) is 42.8 Å². The topological polar surface area (TPSA) is 41.3 Å². The molecular formula is C21H22FN3O. The maximum Gasteiger partial charge on any atom is 0.123 e. The highest BCUT2D eigenvalue weighted by molar-refractivity contribution is 5.31. The van der Waals surface area contributed by atoms with E-state index in [1.54, 1.807) is 12.1 Å². The Morgan fingerprint density at radius 1 is 1.08 bits per heavy atom. The van der Waals surface area contributed by atoms with E-state index >= 15 is 0 Å². The highest BCUT2D eigenvalue weighted by atomic mass is 19.1. The summed E-state index contributed by atoms with van der Waals surface area (Å²) < 4.78 is 15.0. The molecule has 0 amide bonds. The summed E-state index contributed by atoms with van der Waals surface area (Å²) in [6.07, 6.45) is 4.33. The molecule has 2 aromatic carbocycles. The van der Waals surface area contributed by atoms with Crippen LogP contribution in [-0.4, -0.2) is 39.0 Å². The lowest BCUT2D eigenvalue weighted by Crippen LogP contribution is -2.42. The van der Waals surface area contributed by atoms with Crippen molar-refractivity contribution in [3.8, 4) is 5.69 Å². The number of aliphatic hydroxyl groups is 1. The van der Waals surface area contributed by atoms with Crippen LogP contribution in [0.1, 0.15) is 23.5 Å². The first-order valence-corrected chi connectivity index (χ1v) is 8.94. The molecule has 0 unspecified atom stereocenters. The van der Waals surface area contributed by atoms with Gasteiger partial charge < -0.3 is 5.11 Å². The lowest BCUT2D eigenvalue weighted by Gasteiger charge is -2.36. The molecule has 26 heavy (non-hydrogen) atoms. The number of hydrogen-bond acceptors (Lipinski definition) is 3. The smallest absolute Gasteiger partial charge is 0.123 e. The van der Waals surface area contributed by atoms with Crippen LogP contribution in [0.4, 0.5) is 4.39 Å². The number of benzene rings is 2. The van der Waals surface area contributed by atoms with E-state index in [9.17, 15) is 9.50 Å². The molecule has 1 saturated heterocycles. The molecule has 0 radical (unpaired) electrons. The number of aliphatic hydroxyl groups excluding tert-OH is 1. The number of piperidine rings is 1. The first-order chi connectivity index (χ1) is 12.7. The van der Waals surface area contributed by atoms with Crippen LogP contribution in [-0.2, 0) is 6.54 Å². The molecule has 1 aromatic heterocycles. The Bertz CT molecular complexity index is 847. The molecule has 4 rings (SSSR count). The van der Waals surface area contributed by atoms with Crippen LogP contribution in [0.15, 0.2) is 67.0 Å². The fraction of sp³-hybridized carbons (Fsp3) is 0.286. The Labute approximate surface area is 152 Å². The van der Waals surface area contributed by atoms with E-state index in [1.165, 1.54) is 12.1 Å². The molecule has 0 spiro atoms. The predicted octanol–water partition coefficient (Wildman–Crippen LogP) is 3.36. The predicted molar refractivity (Wildman–Crippen MR) is 98.6 cm³/mol. The molecule has 1 N–H and O–H groups in total. The quantitative estimate of drug-likeness (QED) is 0.784. The van der Waals surface area contributed by atoms with Gasteiger partial charge in [-0.15, -0.1) is 0 Å². The monoisotopic (exact) mass is 351 g/mol. The second kappa shape index (κ2) is 7.40. The lowest BCUT2D eigenvalue weighted by molar-refractivity contribution is 0.0476. The van der Waals surface area contributed by atoms with Gasteiger partial charge in [0, 0.05) is 30.8 Å². The SMILES string of the molecule is O[C@@H]1CN(Cc2cnn(-c3ccccc3)c2)CC[C@H]1c1ccc(F)cc1. The number of rotatable bonds is 4. The zero-order valence-electron chi connectivity index (χ0n) is 14.5. The molecule has 5 heteroatoms. The summed E-state index contributed by atoms with van der Waals surface area (Å²) in [6.45, 7) is 2.27. The van der Waals surface area contributed by atoms with Crippen LogP contribution in [0.5, 0.6) is 0 Å². The van der Waals surface area contributed by atoms with Gasteiger partial charge >= 0.3 is 0 Å². The molecule has 3 aromatic rings. The minimum atomic E-state index is -0.446. The molecule has 4 nitrogen and oxygen atoms in total. The van der Waals surface area contributed by atoms with E-state index in [0.29, 0.717) is 6.54 Å². The average molecular weight is 351 g/mol. The first kappa shape index (κ1) is 16.9. The Morgan fingerprint density at radius 3 is 2.58 bits per heavy atom. The van der Waals surface area contributed by atoms with Gasteiger partial charge in [-0.3, -0.25) is 4.90 Å². The van der Waals surface area contributed by atoms with E-state index in [2.05, 4.69) is 10.00 Å². The number of halogens is 1. The number of nitrogens with zero attached hydrogens (tertiary/aromatic N) is 3. The third-order valence-electron chi connectivity index (χ3n) is 5.03. The summed E-state index contributed by atoms with van der Waals surface area (Å²) in [5.41, 5.74) is 3.17. The molecule has 1 fully saturated rings. The Balaban J connectivity index is 1.39. The Kier molecular flexibility index (Phi) is 4.82. The molecule has 0 aliphatic carbocycles. The van der Waals surface area contributed by atoms with E-state index in [0.717, 1.165) is 36.3 Å². The van der Waals surface area contributed by atoms with Crippen molar-refractivity contribution >= 4 is 0 Å². The van der Waals surface area contributed by atoms with Crippen LogP contribution in [0.2, 0.25) is 0 Å². The molecule has 2 atom stereocenters. The van der Waals surface area contributed by atoms with Crippen LogP contribution in [0, 0.1) is 5.82 Å². The molecule has 0 bridgehead atoms. The third kappa shape index (κ3) is 3.69. The molecule has 1 aliphatic heterocycles. The van der Waals surface area contributed by atoms with Crippen LogP contribution >= 0.6 is 0 Å². The summed E-state index contributed by atoms with van der Waals surface area (Å²) >= 11 is 0. The normalized spacial score (nSPS) is 21.0. The summed E-state index contributed by atoms with van der Waals surface area (Å²) in [6, 6.07) is 16.5. The van der Waals surface area contributed by atoms with Crippen molar-refractivity contribution in [1.82, 2.24) is 14.7 Å². The summed E-state index contributed by atoms with van der Waals surface area (Å²) in [4.78, 5) is 2.25. The zero-order chi connectivity index (χ0) is 17.9. The third-order valence-corrected chi connectivity index (χ3v) is 5.03. The maximum absolute atomic E-state index is 13.1.